The average Bonchev–Trinajstić information content (AvgIpc) is 2.75. The van der Waals surface area contributed by atoms with E-state index in [-0.39, 0.29) is 5.63 Å². The van der Waals surface area contributed by atoms with Crippen molar-refractivity contribution in [1.29, 1.82) is 0 Å². The van der Waals surface area contributed by atoms with Crippen molar-refractivity contribution in [3.05, 3.63) is 75.1 Å². The van der Waals surface area contributed by atoms with Gasteiger partial charge in [-0.3, -0.25) is 0 Å². The van der Waals surface area contributed by atoms with Gasteiger partial charge in [0, 0.05) is 41.5 Å². The maximum atomic E-state index is 12.7. The van der Waals surface area contributed by atoms with Gasteiger partial charge >= 0.3 is 5.63 Å². The van der Waals surface area contributed by atoms with Gasteiger partial charge in [-0.2, -0.15) is 0 Å². The summed E-state index contributed by atoms with van der Waals surface area (Å²) in [5.41, 5.74) is 12.2. The third-order valence-corrected chi connectivity index (χ3v) is 5.71. The number of fused-ring (bicyclic) bond motifs is 1. The van der Waals surface area contributed by atoms with Crippen molar-refractivity contribution >= 4 is 28.4 Å². The highest BCUT2D eigenvalue weighted by atomic mass is 16.4. The Bertz CT molecular complexity index is 1090. The lowest BCUT2D eigenvalue weighted by molar-refractivity contribution is 0.550. The zero-order valence-corrected chi connectivity index (χ0v) is 18.5. The van der Waals surface area contributed by atoms with Gasteiger partial charge in [0.2, 0.25) is 0 Å². The number of hydrogen-bond donors (Lipinski definition) is 1. The molecule has 0 saturated heterocycles. The molecular weight excluding hydrogens is 372 g/mol. The van der Waals surface area contributed by atoms with Crippen LogP contribution in [0.2, 0.25) is 0 Å². The Morgan fingerprint density at radius 3 is 2.27 bits per heavy atom. The molecule has 3 aromatic rings. The number of nitrogens with two attached hydrogens (primary N) is 1. The van der Waals surface area contributed by atoms with Crippen LogP contribution < -0.4 is 16.3 Å². The van der Waals surface area contributed by atoms with Gasteiger partial charge in [-0.05, 0) is 68.0 Å². The van der Waals surface area contributed by atoms with Crippen LogP contribution in [-0.2, 0) is 19.3 Å². The molecule has 4 heteroatoms. The lowest BCUT2D eigenvalue weighted by atomic mass is 9.95. The quantitative estimate of drug-likeness (QED) is 0.392. The molecule has 3 rings (SSSR count). The summed E-state index contributed by atoms with van der Waals surface area (Å²) < 4.78 is 5.65. The fourth-order valence-corrected chi connectivity index (χ4v) is 4.13. The number of allylic oxidation sites excluding steroid dienone is 1. The zero-order valence-electron chi connectivity index (χ0n) is 18.5. The van der Waals surface area contributed by atoms with Gasteiger partial charge in [-0.25, -0.2) is 4.79 Å². The molecule has 0 unspecified atom stereocenters. The van der Waals surface area contributed by atoms with E-state index >= 15 is 0 Å². The van der Waals surface area contributed by atoms with Crippen LogP contribution in [0.25, 0.3) is 17.0 Å². The van der Waals surface area contributed by atoms with E-state index in [9.17, 15) is 4.79 Å². The van der Waals surface area contributed by atoms with Crippen LogP contribution in [0.3, 0.4) is 0 Å². The first kappa shape index (κ1) is 21.7. The SMILES string of the molecule is CCc1cc(N)cc2oc(=O)c(CC=Cc3ccc(N(CC)CC)cc3)c(CC)c12. The summed E-state index contributed by atoms with van der Waals surface area (Å²) in [5, 5.41) is 1.04. The number of anilines is 2. The Labute approximate surface area is 179 Å². The molecule has 0 bridgehead atoms. The highest BCUT2D eigenvalue weighted by molar-refractivity contribution is 5.87. The molecular formula is C26H32N2O2. The minimum Gasteiger partial charge on any atom is -0.422 e. The molecule has 0 amide bonds. The Morgan fingerprint density at radius 1 is 0.967 bits per heavy atom. The number of nitrogens with zero attached hydrogens (tertiary/aromatic N) is 1. The predicted molar refractivity (Wildman–Crippen MR) is 128 cm³/mol. The maximum Gasteiger partial charge on any atom is 0.340 e. The number of rotatable bonds is 8. The number of aryl methyl sites for hydroxylation is 2. The first-order valence-corrected chi connectivity index (χ1v) is 10.9. The van der Waals surface area contributed by atoms with Crippen molar-refractivity contribution < 1.29 is 4.42 Å². The largest absolute Gasteiger partial charge is 0.422 e. The molecule has 2 N–H and O–H groups in total. The van der Waals surface area contributed by atoms with E-state index < -0.39 is 0 Å². The molecule has 158 valence electrons. The van der Waals surface area contributed by atoms with Crippen LogP contribution in [0.15, 0.2) is 51.7 Å². The second-order valence-electron chi connectivity index (χ2n) is 7.48. The minimum atomic E-state index is -0.270. The van der Waals surface area contributed by atoms with Gasteiger partial charge in [0.15, 0.2) is 0 Å². The molecule has 1 aromatic heterocycles. The van der Waals surface area contributed by atoms with Crippen molar-refractivity contribution in [2.75, 3.05) is 23.7 Å². The van der Waals surface area contributed by atoms with Gasteiger partial charge in [0.1, 0.15) is 5.58 Å². The zero-order chi connectivity index (χ0) is 21.7. The van der Waals surface area contributed by atoms with Crippen LogP contribution in [0, 0.1) is 0 Å². The lowest BCUT2D eigenvalue weighted by Gasteiger charge is -2.20. The van der Waals surface area contributed by atoms with Crippen molar-refractivity contribution in [3.63, 3.8) is 0 Å². The summed E-state index contributed by atoms with van der Waals surface area (Å²) in [6, 6.07) is 12.3. The van der Waals surface area contributed by atoms with Crippen LogP contribution in [0.1, 0.15) is 49.9 Å². The standard InChI is InChI=1S/C26H32N2O2/c1-5-19-16-20(27)17-24-25(19)22(6-2)23(26(29)30-24)11-9-10-18-12-14-21(15-13-18)28(7-3)8-4/h9-10,12-17H,5-8,11,27H2,1-4H3. The predicted octanol–water partition coefficient (Wildman–Crippen LogP) is 5.60. The number of benzene rings is 2. The fraction of sp³-hybridized carbons (Fsp3) is 0.346. The van der Waals surface area contributed by atoms with Crippen molar-refractivity contribution in [2.45, 2.75) is 47.0 Å². The van der Waals surface area contributed by atoms with Crippen LogP contribution in [-0.4, -0.2) is 13.1 Å². The fourth-order valence-electron chi connectivity index (χ4n) is 4.13. The molecule has 0 aliphatic heterocycles. The van der Waals surface area contributed by atoms with E-state index in [2.05, 4.69) is 62.9 Å². The molecule has 0 saturated carbocycles. The van der Waals surface area contributed by atoms with E-state index in [0.717, 1.165) is 53.6 Å². The van der Waals surface area contributed by atoms with Crippen molar-refractivity contribution in [1.82, 2.24) is 0 Å². The Balaban J connectivity index is 1.91. The highest BCUT2D eigenvalue weighted by Crippen LogP contribution is 2.28. The van der Waals surface area contributed by atoms with Crippen LogP contribution in [0.4, 0.5) is 11.4 Å². The highest BCUT2D eigenvalue weighted by Gasteiger charge is 2.15. The summed E-state index contributed by atoms with van der Waals surface area (Å²) in [7, 11) is 0. The molecule has 30 heavy (non-hydrogen) atoms. The van der Waals surface area contributed by atoms with E-state index in [1.165, 1.54) is 5.69 Å². The average molecular weight is 405 g/mol. The van der Waals surface area contributed by atoms with E-state index in [1.54, 1.807) is 6.07 Å². The van der Waals surface area contributed by atoms with E-state index in [0.29, 0.717) is 17.7 Å². The van der Waals surface area contributed by atoms with Gasteiger partial charge < -0.3 is 15.1 Å². The summed E-state index contributed by atoms with van der Waals surface area (Å²) in [5.74, 6) is 0. The van der Waals surface area contributed by atoms with Gasteiger partial charge in [-0.15, -0.1) is 0 Å². The molecule has 0 aliphatic rings. The summed E-state index contributed by atoms with van der Waals surface area (Å²) >= 11 is 0. The number of nitrogen functional groups attached to an aromatic ring is 1. The molecule has 0 aliphatic carbocycles. The maximum absolute atomic E-state index is 12.7. The topological polar surface area (TPSA) is 59.5 Å². The van der Waals surface area contributed by atoms with Crippen molar-refractivity contribution in [3.8, 4) is 0 Å². The first-order valence-electron chi connectivity index (χ1n) is 10.9. The van der Waals surface area contributed by atoms with E-state index in [1.807, 2.05) is 12.1 Å². The minimum absolute atomic E-state index is 0.270. The van der Waals surface area contributed by atoms with Crippen LogP contribution in [0.5, 0.6) is 0 Å². The first-order chi connectivity index (χ1) is 14.5. The third-order valence-electron chi connectivity index (χ3n) is 5.71. The Morgan fingerprint density at radius 2 is 1.67 bits per heavy atom. The molecule has 1 heterocycles. The summed E-state index contributed by atoms with van der Waals surface area (Å²) in [6.07, 6.45) is 6.29. The lowest BCUT2D eigenvalue weighted by Crippen LogP contribution is -2.21. The summed E-state index contributed by atoms with van der Waals surface area (Å²) in [6.45, 7) is 10.5. The second kappa shape index (κ2) is 9.66. The van der Waals surface area contributed by atoms with Gasteiger partial charge in [-0.1, -0.05) is 38.1 Å². The van der Waals surface area contributed by atoms with Crippen molar-refractivity contribution in [2.24, 2.45) is 0 Å². The second-order valence-corrected chi connectivity index (χ2v) is 7.48. The number of hydrogen-bond acceptors (Lipinski definition) is 4. The molecule has 4 nitrogen and oxygen atoms in total. The van der Waals surface area contributed by atoms with E-state index in [4.69, 9.17) is 10.2 Å². The smallest absolute Gasteiger partial charge is 0.340 e. The summed E-state index contributed by atoms with van der Waals surface area (Å²) in [4.78, 5) is 15.0. The Kier molecular flexibility index (Phi) is 6.99. The molecule has 0 radical (unpaired) electrons. The Hall–Kier alpha value is -3.01. The van der Waals surface area contributed by atoms with Crippen LogP contribution >= 0.6 is 0 Å². The van der Waals surface area contributed by atoms with Gasteiger partial charge in [0.05, 0.1) is 0 Å². The van der Waals surface area contributed by atoms with Gasteiger partial charge in [0.25, 0.3) is 0 Å². The normalized spacial score (nSPS) is 11.5. The monoisotopic (exact) mass is 404 g/mol. The molecule has 0 fully saturated rings. The molecule has 0 spiro atoms. The molecule has 2 aromatic carbocycles. The third kappa shape index (κ3) is 4.43. The molecule has 0 atom stereocenters.